The van der Waals surface area contributed by atoms with Crippen LogP contribution in [0.15, 0.2) is 42.5 Å². The number of nitrogens with zero attached hydrogens (tertiary/aromatic N) is 1. The Morgan fingerprint density at radius 3 is 2.41 bits per heavy atom. The van der Waals surface area contributed by atoms with Crippen molar-refractivity contribution in [2.45, 2.75) is 43.9 Å². The first-order chi connectivity index (χ1) is 13.7. The summed E-state index contributed by atoms with van der Waals surface area (Å²) in [6.07, 6.45) is -2.85. The minimum Gasteiger partial charge on any atom is -0.335 e. The standard InChI is InChI=1S/C21H18F4N2O2/c22-14-5-8-16-17(10-19(28)26-18(16)9-14)20(29)27(15-6-7-15)11-12-1-3-13(4-2-12)21(23,24)25/h1-5,8-9,15,17H,6-7,10-11H2,(H,26,28). The predicted octanol–water partition coefficient (Wildman–Crippen LogP) is 4.46. The lowest BCUT2D eigenvalue weighted by molar-refractivity contribution is -0.138. The molecule has 1 fully saturated rings. The third-order valence-electron chi connectivity index (χ3n) is 5.26. The molecule has 152 valence electrons. The maximum Gasteiger partial charge on any atom is 0.416 e. The summed E-state index contributed by atoms with van der Waals surface area (Å²) < 4.78 is 51.8. The maximum atomic E-state index is 13.5. The third kappa shape index (κ3) is 4.11. The zero-order chi connectivity index (χ0) is 20.8. The van der Waals surface area contributed by atoms with Crippen LogP contribution < -0.4 is 5.32 Å². The molecule has 0 saturated heterocycles. The molecule has 1 heterocycles. The number of hydrogen-bond donors (Lipinski definition) is 1. The molecular formula is C21H18F4N2O2. The summed E-state index contributed by atoms with van der Waals surface area (Å²) in [4.78, 5) is 26.9. The van der Waals surface area contributed by atoms with Crippen LogP contribution in [0.5, 0.6) is 0 Å². The lowest BCUT2D eigenvalue weighted by Gasteiger charge is -2.31. The van der Waals surface area contributed by atoms with Crippen LogP contribution in [0, 0.1) is 5.82 Å². The van der Waals surface area contributed by atoms with E-state index in [2.05, 4.69) is 5.32 Å². The highest BCUT2D eigenvalue weighted by molar-refractivity contribution is 6.01. The van der Waals surface area contributed by atoms with Gasteiger partial charge in [0.25, 0.3) is 0 Å². The van der Waals surface area contributed by atoms with Crippen LogP contribution in [0.1, 0.15) is 41.9 Å². The second kappa shape index (κ2) is 7.17. The number of rotatable bonds is 4. The monoisotopic (exact) mass is 406 g/mol. The van der Waals surface area contributed by atoms with Gasteiger partial charge in [0.1, 0.15) is 5.82 Å². The van der Waals surface area contributed by atoms with E-state index in [1.54, 1.807) is 4.90 Å². The van der Waals surface area contributed by atoms with E-state index >= 15 is 0 Å². The van der Waals surface area contributed by atoms with Gasteiger partial charge in [-0.2, -0.15) is 13.2 Å². The van der Waals surface area contributed by atoms with E-state index in [4.69, 9.17) is 0 Å². The van der Waals surface area contributed by atoms with E-state index in [-0.39, 0.29) is 36.5 Å². The Morgan fingerprint density at radius 2 is 1.79 bits per heavy atom. The summed E-state index contributed by atoms with van der Waals surface area (Å²) in [6, 6.07) is 8.64. The van der Waals surface area contributed by atoms with Gasteiger partial charge in [-0.15, -0.1) is 0 Å². The quantitative estimate of drug-likeness (QED) is 0.763. The Kier molecular flexibility index (Phi) is 4.80. The second-order valence-corrected chi connectivity index (χ2v) is 7.43. The minimum absolute atomic E-state index is 0.00122. The summed E-state index contributed by atoms with van der Waals surface area (Å²) in [5.74, 6) is -1.89. The molecule has 2 aromatic rings. The van der Waals surface area contributed by atoms with Crippen LogP contribution in [-0.4, -0.2) is 22.8 Å². The van der Waals surface area contributed by atoms with Gasteiger partial charge in [-0.3, -0.25) is 9.59 Å². The van der Waals surface area contributed by atoms with Crippen LogP contribution >= 0.6 is 0 Å². The van der Waals surface area contributed by atoms with Crippen molar-refractivity contribution < 1.29 is 27.2 Å². The fourth-order valence-corrected chi connectivity index (χ4v) is 3.63. The number of benzene rings is 2. The van der Waals surface area contributed by atoms with Crippen molar-refractivity contribution in [3.8, 4) is 0 Å². The Bertz CT molecular complexity index is 952. The van der Waals surface area contributed by atoms with E-state index < -0.39 is 23.5 Å². The van der Waals surface area contributed by atoms with Gasteiger partial charge in [0.05, 0.1) is 11.5 Å². The summed E-state index contributed by atoms with van der Waals surface area (Å²) >= 11 is 0. The van der Waals surface area contributed by atoms with Crippen molar-refractivity contribution in [2.24, 2.45) is 0 Å². The summed E-state index contributed by atoms with van der Waals surface area (Å²) in [5, 5.41) is 2.58. The average molecular weight is 406 g/mol. The van der Waals surface area contributed by atoms with E-state index in [9.17, 15) is 27.2 Å². The topological polar surface area (TPSA) is 49.4 Å². The van der Waals surface area contributed by atoms with Crippen molar-refractivity contribution in [3.05, 3.63) is 65.0 Å². The molecule has 8 heteroatoms. The van der Waals surface area contributed by atoms with Crippen molar-refractivity contribution in [1.29, 1.82) is 0 Å². The summed E-state index contributed by atoms with van der Waals surface area (Å²) in [7, 11) is 0. The molecule has 29 heavy (non-hydrogen) atoms. The first kappa shape index (κ1) is 19.4. The number of carbonyl (C=O) groups is 2. The molecule has 2 amide bonds. The summed E-state index contributed by atoms with van der Waals surface area (Å²) in [5.41, 5.74) is 0.669. The number of halogens is 4. The molecule has 0 radical (unpaired) electrons. The van der Waals surface area contributed by atoms with Gasteiger partial charge in [0.2, 0.25) is 11.8 Å². The SMILES string of the molecule is O=C1CC(C(=O)N(Cc2ccc(C(F)(F)F)cc2)C2CC2)c2ccc(F)cc2N1. The molecule has 1 unspecified atom stereocenters. The van der Waals surface area contributed by atoms with Gasteiger partial charge < -0.3 is 10.2 Å². The van der Waals surface area contributed by atoms with E-state index in [0.29, 0.717) is 11.1 Å². The predicted molar refractivity (Wildman–Crippen MR) is 97.4 cm³/mol. The molecule has 1 atom stereocenters. The van der Waals surface area contributed by atoms with Crippen LogP contribution in [0.3, 0.4) is 0 Å². The molecule has 4 nitrogen and oxygen atoms in total. The van der Waals surface area contributed by atoms with Gasteiger partial charge in [-0.25, -0.2) is 4.39 Å². The van der Waals surface area contributed by atoms with Gasteiger partial charge >= 0.3 is 6.18 Å². The van der Waals surface area contributed by atoms with Gasteiger partial charge in [0, 0.05) is 24.7 Å². The highest BCUT2D eigenvalue weighted by atomic mass is 19.4. The third-order valence-corrected chi connectivity index (χ3v) is 5.26. The number of hydrogen-bond acceptors (Lipinski definition) is 2. The van der Waals surface area contributed by atoms with E-state index in [1.807, 2.05) is 0 Å². The van der Waals surface area contributed by atoms with Crippen LogP contribution in [-0.2, 0) is 22.3 Å². The van der Waals surface area contributed by atoms with Gasteiger partial charge in [-0.1, -0.05) is 18.2 Å². The van der Waals surface area contributed by atoms with Crippen molar-refractivity contribution in [3.63, 3.8) is 0 Å². The van der Waals surface area contributed by atoms with Crippen LogP contribution in [0.2, 0.25) is 0 Å². The van der Waals surface area contributed by atoms with Crippen molar-refractivity contribution >= 4 is 17.5 Å². The first-order valence-corrected chi connectivity index (χ1v) is 9.28. The molecule has 4 rings (SSSR count). The first-order valence-electron chi connectivity index (χ1n) is 9.28. The maximum absolute atomic E-state index is 13.5. The summed E-state index contributed by atoms with van der Waals surface area (Å²) in [6.45, 7) is 0.163. The number of nitrogens with one attached hydrogen (secondary N) is 1. The minimum atomic E-state index is -4.42. The lowest BCUT2D eigenvalue weighted by Crippen LogP contribution is -2.39. The van der Waals surface area contributed by atoms with Crippen LogP contribution in [0.25, 0.3) is 0 Å². The van der Waals surface area contributed by atoms with Gasteiger partial charge in [-0.05, 0) is 48.2 Å². The zero-order valence-electron chi connectivity index (χ0n) is 15.3. The molecule has 0 spiro atoms. The molecular weight excluding hydrogens is 388 g/mol. The molecule has 1 N–H and O–H groups in total. The highest BCUT2D eigenvalue weighted by Crippen LogP contribution is 2.38. The molecule has 0 bridgehead atoms. The molecule has 2 aromatic carbocycles. The second-order valence-electron chi connectivity index (χ2n) is 7.43. The highest BCUT2D eigenvalue weighted by Gasteiger charge is 2.39. The normalized spacial score (nSPS) is 18.8. The fraction of sp³-hybridized carbons (Fsp3) is 0.333. The lowest BCUT2D eigenvalue weighted by atomic mass is 9.89. The number of carbonyl (C=O) groups excluding carboxylic acids is 2. The molecule has 1 aliphatic carbocycles. The van der Waals surface area contributed by atoms with E-state index in [0.717, 1.165) is 25.0 Å². The number of alkyl halides is 3. The Hall–Kier alpha value is -2.90. The Morgan fingerprint density at radius 1 is 1.10 bits per heavy atom. The smallest absolute Gasteiger partial charge is 0.335 e. The molecule has 1 saturated carbocycles. The molecule has 1 aliphatic heterocycles. The van der Waals surface area contributed by atoms with Crippen molar-refractivity contribution in [2.75, 3.05) is 5.32 Å². The fourth-order valence-electron chi connectivity index (χ4n) is 3.63. The molecule has 0 aromatic heterocycles. The number of anilines is 1. The average Bonchev–Trinajstić information content (AvgIpc) is 3.49. The number of amides is 2. The Balaban J connectivity index is 1.58. The van der Waals surface area contributed by atoms with Crippen LogP contribution in [0.4, 0.5) is 23.2 Å². The van der Waals surface area contributed by atoms with E-state index in [1.165, 1.54) is 30.3 Å². The molecule has 2 aliphatic rings. The van der Waals surface area contributed by atoms with Gasteiger partial charge in [0.15, 0.2) is 0 Å². The number of fused-ring (bicyclic) bond motifs is 1. The largest absolute Gasteiger partial charge is 0.416 e. The zero-order valence-corrected chi connectivity index (χ0v) is 15.3. The van der Waals surface area contributed by atoms with Crippen molar-refractivity contribution in [1.82, 2.24) is 4.90 Å². The Labute approximate surface area is 164 Å².